The Morgan fingerprint density at radius 3 is 2.61 bits per heavy atom. The number of anilines is 1. The van der Waals surface area contributed by atoms with Crippen LogP contribution in [-0.4, -0.2) is 31.1 Å². The van der Waals surface area contributed by atoms with E-state index in [2.05, 4.69) is 20.2 Å². The number of carbonyl (C=O) groups is 1. The van der Waals surface area contributed by atoms with Crippen molar-refractivity contribution in [2.24, 2.45) is 0 Å². The van der Waals surface area contributed by atoms with Gasteiger partial charge in [-0.25, -0.2) is 13.1 Å². The van der Waals surface area contributed by atoms with Crippen molar-refractivity contribution >= 4 is 44.0 Å². The molecule has 23 heavy (non-hydrogen) atoms. The number of carbonyl (C=O) groups excluding carboxylic acids is 1. The predicted molar refractivity (Wildman–Crippen MR) is 89.4 cm³/mol. The minimum absolute atomic E-state index is 0.112. The van der Waals surface area contributed by atoms with E-state index in [-0.39, 0.29) is 9.47 Å². The number of unbranched alkanes of at least 4 members (excludes halogenated alkanes) is 1. The Bertz CT molecular complexity index is 775. The summed E-state index contributed by atoms with van der Waals surface area (Å²) in [5.41, 5.74) is 0.384. The molecule has 0 saturated heterocycles. The van der Waals surface area contributed by atoms with Crippen LogP contribution in [0.5, 0.6) is 0 Å². The normalized spacial score (nSPS) is 11.4. The molecule has 0 aliphatic rings. The number of benzene rings is 1. The lowest BCUT2D eigenvalue weighted by Gasteiger charge is -2.01. The quantitative estimate of drug-likeness (QED) is 0.572. The summed E-state index contributed by atoms with van der Waals surface area (Å²) in [6.07, 6.45) is 1.61. The number of aromatic nitrogens is 2. The first kappa shape index (κ1) is 17.8. The molecule has 0 aliphatic carbocycles. The van der Waals surface area contributed by atoms with Crippen LogP contribution in [0.3, 0.4) is 0 Å². The monoisotopic (exact) mass is 374 g/mol. The van der Waals surface area contributed by atoms with Crippen LogP contribution < -0.4 is 10.0 Å². The lowest BCUT2D eigenvalue weighted by Crippen LogP contribution is -2.24. The van der Waals surface area contributed by atoms with Crippen LogP contribution in [0.4, 0.5) is 5.13 Å². The summed E-state index contributed by atoms with van der Waals surface area (Å²) in [6, 6.07) is 6.29. The Hall–Kier alpha value is -1.55. The molecule has 0 unspecified atom stereocenters. The third-order valence-corrected chi connectivity index (χ3v) is 5.70. The number of amides is 1. The Morgan fingerprint density at radius 2 is 1.96 bits per heavy atom. The van der Waals surface area contributed by atoms with Crippen LogP contribution in [-0.2, 0) is 10.0 Å². The summed E-state index contributed by atoms with van der Waals surface area (Å²) in [6.45, 7) is 2.30. The number of hydrogen-bond donors (Lipinski definition) is 2. The second kappa shape index (κ2) is 7.82. The molecule has 1 amide bonds. The van der Waals surface area contributed by atoms with Gasteiger partial charge in [0.15, 0.2) is 0 Å². The Morgan fingerprint density at radius 1 is 1.26 bits per heavy atom. The zero-order valence-electron chi connectivity index (χ0n) is 12.2. The van der Waals surface area contributed by atoms with E-state index in [0.29, 0.717) is 17.1 Å². The van der Waals surface area contributed by atoms with Crippen LogP contribution in [0.2, 0.25) is 5.02 Å². The maximum Gasteiger partial charge on any atom is 0.269 e. The molecule has 0 fully saturated rings. The molecule has 7 nitrogen and oxygen atoms in total. The zero-order valence-corrected chi connectivity index (χ0v) is 14.6. The summed E-state index contributed by atoms with van der Waals surface area (Å²) in [4.78, 5) is 12.0. The van der Waals surface area contributed by atoms with Crippen molar-refractivity contribution in [2.45, 2.75) is 24.1 Å². The summed E-state index contributed by atoms with van der Waals surface area (Å²) >= 11 is 6.55. The lowest BCUT2D eigenvalue weighted by molar-refractivity contribution is 0.102. The van der Waals surface area contributed by atoms with Gasteiger partial charge in [0.25, 0.3) is 15.9 Å². The van der Waals surface area contributed by atoms with E-state index < -0.39 is 15.9 Å². The minimum Gasteiger partial charge on any atom is -0.296 e. The highest BCUT2D eigenvalue weighted by molar-refractivity contribution is 7.91. The molecule has 1 heterocycles. The number of sulfonamides is 1. The van der Waals surface area contributed by atoms with E-state index in [9.17, 15) is 13.2 Å². The average Bonchev–Trinajstić information content (AvgIpc) is 2.97. The highest BCUT2D eigenvalue weighted by atomic mass is 35.5. The largest absolute Gasteiger partial charge is 0.296 e. The van der Waals surface area contributed by atoms with E-state index in [1.54, 1.807) is 24.3 Å². The van der Waals surface area contributed by atoms with Crippen molar-refractivity contribution in [3.63, 3.8) is 0 Å². The standard InChI is InChI=1S/C13H15ClN4O3S2/c1-2-3-8-15-23(20,21)13-18-17-12(22-13)16-11(19)9-4-6-10(14)7-5-9/h4-7,15H,2-3,8H2,1H3,(H,16,17,19). The van der Waals surface area contributed by atoms with Gasteiger partial charge < -0.3 is 0 Å². The molecule has 124 valence electrons. The molecule has 0 radical (unpaired) electrons. The van der Waals surface area contributed by atoms with Gasteiger partial charge in [-0.2, -0.15) is 0 Å². The van der Waals surface area contributed by atoms with Gasteiger partial charge in [-0.05, 0) is 30.7 Å². The molecule has 0 atom stereocenters. The maximum atomic E-state index is 12.0. The van der Waals surface area contributed by atoms with Gasteiger partial charge in [-0.3, -0.25) is 10.1 Å². The molecular weight excluding hydrogens is 360 g/mol. The van der Waals surface area contributed by atoms with Gasteiger partial charge in [0.1, 0.15) is 0 Å². The van der Waals surface area contributed by atoms with Crippen molar-refractivity contribution in [3.05, 3.63) is 34.9 Å². The van der Waals surface area contributed by atoms with Gasteiger partial charge in [-0.1, -0.05) is 36.3 Å². The van der Waals surface area contributed by atoms with Crippen molar-refractivity contribution in [2.75, 3.05) is 11.9 Å². The highest BCUT2D eigenvalue weighted by Crippen LogP contribution is 2.20. The topological polar surface area (TPSA) is 101 Å². The first-order valence-corrected chi connectivity index (χ1v) is 9.50. The van der Waals surface area contributed by atoms with Crippen LogP contribution >= 0.6 is 22.9 Å². The third-order valence-electron chi connectivity index (χ3n) is 2.79. The molecule has 2 rings (SSSR count). The van der Waals surface area contributed by atoms with Gasteiger partial charge in [0, 0.05) is 17.1 Å². The number of rotatable bonds is 7. The second-order valence-electron chi connectivity index (χ2n) is 4.59. The molecule has 0 bridgehead atoms. The van der Waals surface area contributed by atoms with Gasteiger partial charge >= 0.3 is 0 Å². The fraction of sp³-hybridized carbons (Fsp3) is 0.308. The molecule has 2 aromatic rings. The summed E-state index contributed by atoms with van der Waals surface area (Å²) < 4.78 is 26.2. The Kier molecular flexibility index (Phi) is 6.05. The van der Waals surface area contributed by atoms with E-state index in [1.165, 1.54) is 0 Å². The first-order chi connectivity index (χ1) is 10.9. The van der Waals surface area contributed by atoms with Crippen LogP contribution in [0.15, 0.2) is 28.6 Å². The van der Waals surface area contributed by atoms with Crippen LogP contribution in [0.25, 0.3) is 0 Å². The predicted octanol–water partition coefficient (Wildman–Crippen LogP) is 2.52. The number of nitrogens with zero attached hydrogens (tertiary/aromatic N) is 2. The van der Waals surface area contributed by atoms with Gasteiger partial charge in [0.05, 0.1) is 0 Å². The lowest BCUT2D eigenvalue weighted by atomic mass is 10.2. The molecule has 0 saturated carbocycles. The highest BCUT2D eigenvalue weighted by Gasteiger charge is 2.20. The zero-order chi connectivity index (χ0) is 16.9. The van der Waals surface area contributed by atoms with Crippen LogP contribution in [0, 0.1) is 0 Å². The molecule has 1 aromatic heterocycles. The fourth-order valence-corrected chi connectivity index (χ4v) is 3.72. The molecular formula is C13H15ClN4O3S2. The van der Waals surface area contributed by atoms with Crippen molar-refractivity contribution in [1.82, 2.24) is 14.9 Å². The number of nitrogens with one attached hydrogen (secondary N) is 2. The second-order valence-corrected chi connectivity index (χ2v) is 7.94. The first-order valence-electron chi connectivity index (χ1n) is 6.82. The molecule has 1 aromatic carbocycles. The van der Waals surface area contributed by atoms with E-state index in [1.807, 2.05) is 6.92 Å². The van der Waals surface area contributed by atoms with E-state index in [0.717, 1.165) is 24.2 Å². The van der Waals surface area contributed by atoms with Crippen molar-refractivity contribution < 1.29 is 13.2 Å². The van der Waals surface area contributed by atoms with E-state index >= 15 is 0 Å². The summed E-state index contributed by atoms with van der Waals surface area (Å²) in [5, 5.41) is 10.4. The fourth-order valence-electron chi connectivity index (χ4n) is 1.58. The van der Waals surface area contributed by atoms with E-state index in [4.69, 9.17) is 11.6 Å². The molecule has 10 heteroatoms. The average molecular weight is 375 g/mol. The minimum atomic E-state index is -3.69. The Balaban J connectivity index is 2.04. The van der Waals surface area contributed by atoms with Gasteiger partial charge in [0.2, 0.25) is 9.47 Å². The Labute approximate surface area is 143 Å². The van der Waals surface area contributed by atoms with Gasteiger partial charge in [-0.15, -0.1) is 10.2 Å². The number of hydrogen-bond acceptors (Lipinski definition) is 6. The van der Waals surface area contributed by atoms with Crippen molar-refractivity contribution in [3.8, 4) is 0 Å². The third kappa shape index (κ3) is 4.96. The SMILES string of the molecule is CCCCNS(=O)(=O)c1nnc(NC(=O)c2ccc(Cl)cc2)s1. The molecule has 0 spiro atoms. The summed E-state index contributed by atoms with van der Waals surface area (Å²) in [7, 11) is -3.69. The maximum absolute atomic E-state index is 12.0. The number of halogens is 1. The smallest absolute Gasteiger partial charge is 0.269 e. The summed E-state index contributed by atoms with van der Waals surface area (Å²) in [5.74, 6) is -0.416. The van der Waals surface area contributed by atoms with Crippen LogP contribution in [0.1, 0.15) is 30.1 Å². The molecule has 0 aliphatic heterocycles. The molecule has 2 N–H and O–H groups in total. The van der Waals surface area contributed by atoms with Crippen molar-refractivity contribution in [1.29, 1.82) is 0 Å².